The van der Waals surface area contributed by atoms with E-state index in [0.717, 1.165) is 38.7 Å². The van der Waals surface area contributed by atoms with Crippen LogP contribution in [0.3, 0.4) is 0 Å². The molecule has 7 aromatic rings. The number of benzene rings is 4. The molecule has 0 radical (unpaired) electrons. The lowest BCUT2D eigenvalue weighted by molar-refractivity contribution is 0.477. The van der Waals surface area contributed by atoms with Gasteiger partial charge in [-0.3, -0.25) is 4.68 Å². The summed E-state index contributed by atoms with van der Waals surface area (Å²) in [5, 5.41) is 10.6. The van der Waals surface area contributed by atoms with Crippen molar-refractivity contribution in [1.29, 1.82) is 0 Å². The van der Waals surface area contributed by atoms with E-state index in [1.165, 1.54) is 12.3 Å². The number of nitrogens with zero attached hydrogens (tertiary/aromatic N) is 5. The van der Waals surface area contributed by atoms with Gasteiger partial charge in [-0.15, -0.1) is 0 Å². The number of hydrogen-bond donors (Lipinski definition) is 0. The SMILES string of the molecule is Cn1cc(-c2ccc3c(c2)c(-c2ccnc(F)c2)nn3C(c2ccccc2)(c2ccccc2)c2ccccc2)cn1. The molecule has 3 heterocycles. The van der Waals surface area contributed by atoms with Crippen LogP contribution in [0.5, 0.6) is 0 Å². The normalized spacial score (nSPS) is 11.7. The van der Waals surface area contributed by atoms with Crippen molar-refractivity contribution in [1.82, 2.24) is 24.5 Å². The predicted molar refractivity (Wildman–Crippen MR) is 160 cm³/mol. The maximum Gasteiger partial charge on any atom is 0.213 e. The van der Waals surface area contributed by atoms with Crippen LogP contribution in [0.2, 0.25) is 0 Å². The second kappa shape index (κ2) is 9.99. The third-order valence-corrected chi connectivity index (χ3v) is 7.61. The summed E-state index contributed by atoms with van der Waals surface area (Å²) in [5.41, 5.74) is 6.62. The molecule has 0 atom stereocenters. The molecule has 5 nitrogen and oxygen atoms in total. The molecule has 4 aromatic carbocycles. The van der Waals surface area contributed by atoms with Gasteiger partial charge in [0.2, 0.25) is 5.95 Å². The van der Waals surface area contributed by atoms with Gasteiger partial charge in [-0.05, 0) is 40.5 Å². The van der Waals surface area contributed by atoms with Crippen LogP contribution in [0.4, 0.5) is 4.39 Å². The molecule has 0 N–H and O–H groups in total. The Labute approximate surface area is 237 Å². The van der Waals surface area contributed by atoms with E-state index in [-0.39, 0.29) is 0 Å². The van der Waals surface area contributed by atoms with E-state index < -0.39 is 11.5 Å². The van der Waals surface area contributed by atoms with Gasteiger partial charge in [-0.2, -0.15) is 14.6 Å². The molecule has 0 fully saturated rings. The molecule has 198 valence electrons. The highest BCUT2D eigenvalue weighted by atomic mass is 19.1. The molecular formula is C35H26FN5. The van der Waals surface area contributed by atoms with Gasteiger partial charge in [-0.1, -0.05) is 97.1 Å². The second-order valence-electron chi connectivity index (χ2n) is 10.1. The van der Waals surface area contributed by atoms with Crippen LogP contribution in [-0.4, -0.2) is 24.5 Å². The minimum Gasteiger partial charge on any atom is -0.275 e. The highest BCUT2D eigenvalue weighted by molar-refractivity contribution is 5.96. The van der Waals surface area contributed by atoms with E-state index in [2.05, 4.69) is 106 Å². The maximum atomic E-state index is 14.5. The topological polar surface area (TPSA) is 48.5 Å². The summed E-state index contributed by atoms with van der Waals surface area (Å²) in [6.45, 7) is 0. The van der Waals surface area contributed by atoms with Gasteiger partial charge >= 0.3 is 0 Å². The summed E-state index contributed by atoms with van der Waals surface area (Å²) >= 11 is 0. The summed E-state index contributed by atoms with van der Waals surface area (Å²) in [6, 6.07) is 40.8. The van der Waals surface area contributed by atoms with Crippen molar-refractivity contribution in [2.24, 2.45) is 7.05 Å². The molecule has 0 saturated heterocycles. The first-order chi connectivity index (χ1) is 20.1. The van der Waals surface area contributed by atoms with Crippen molar-refractivity contribution in [2.75, 3.05) is 0 Å². The number of aromatic nitrogens is 5. The van der Waals surface area contributed by atoms with Crippen LogP contribution in [-0.2, 0) is 12.6 Å². The van der Waals surface area contributed by atoms with Gasteiger partial charge in [0.15, 0.2) is 0 Å². The van der Waals surface area contributed by atoms with Gasteiger partial charge in [0.25, 0.3) is 0 Å². The molecule has 0 aliphatic rings. The largest absolute Gasteiger partial charge is 0.275 e. The summed E-state index contributed by atoms with van der Waals surface area (Å²) in [7, 11) is 1.90. The standard InChI is InChI=1S/C35H26FN5/c1-40-24-27(23-38-40)25-17-18-32-31(21-25)34(26-19-20-37-33(36)22-26)39-41(32)35(28-11-5-2-6-12-28,29-13-7-3-8-14-29)30-15-9-4-10-16-30/h2-24H,1H3. The Balaban J connectivity index is 1.63. The van der Waals surface area contributed by atoms with Crippen LogP contribution in [0.1, 0.15) is 16.7 Å². The maximum absolute atomic E-state index is 14.5. The molecular weight excluding hydrogens is 509 g/mol. The molecule has 0 aliphatic heterocycles. The smallest absolute Gasteiger partial charge is 0.213 e. The molecule has 6 heteroatoms. The van der Waals surface area contributed by atoms with E-state index in [0.29, 0.717) is 11.3 Å². The monoisotopic (exact) mass is 535 g/mol. The van der Waals surface area contributed by atoms with Crippen LogP contribution in [0.15, 0.2) is 140 Å². The Hall–Kier alpha value is -5.36. The summed E-state index contributed by atoms with van der Waals surface area (Å²) in [4.78, 5) is 3.80. The summed E-state index contributed by atoms with van der Waals surface area (Å²) in [6.07, 6.45) is 5.32. The van der Waals surface area contributed by atoms with Crippen molar-refractivity contribution >= 4 is 10.9 Å². The average molecular weight is 536 g/mol. The Morgan fingerprint density at radius 2 is 1.27 bits per heavy atom. The third kappa shape index (κ3) is 4.12. The lowest BCUT2D eigenvalue weighted by Gasteiger charge is -2.37. The van der Waals surface area contributed by atoms with Crippen LogP contribution < -0.4 is 0 Å². The first kappa shape index (κ1) is 24.7. The van der Waals surface area contributed by atoms with E-state index in [1.54, 1.807) is 10.7 Å². The quantitative estimate of drug-likeness (QED) is 0.164. The molecule has 7 rings (SSSR count). The number of fused-ring (bicyclic) bond motifs is 1. The Morgan fingerprint density at radius 1 is 0.659 bits per heavy atom. The molecule has 0 unspecified atom stereocenters. The predicted octanol–water partition coefficient (Wildman–Crippen LogP) is 7.48. The van der Waals surface area contributed by atoms with Gasteiger partial charge in [-0.25, -0.2) is 9.67 Å². The number of rotatable bonds is 6. The summed E-state index contributed by atoms with van der Waals surface area (Å²) < 4.78 is 18.4. The highest BCUT2D eigenvalue weighted by Crippen LogP contribution is 2.44. The van der Waals surface area contributed by atoms with E-state index in [1.807, 2.05) is 37.6 Å². The molecule has 0 bridgehead atoms. The number of pyridine rings is 1. The first-order valence-corrected chi connectivity index (χ1v) is 13.5. The van der Waals surface area contributed by atoms with Crippen LogP contribution >= 0.6 is 0 Å². The second-order valence-corrected chi connectivity index (χ2v) is 10.1. The van der Waals surface area contributed by atoms with Gasteiger partial charge < -0.3 is 0 Å². The first-order valence-electron chi connectivity index (χ1n) is 13.5. The van der Waals surface area contributed by atoms with E-state index in [9.17, 15) is 4.39 Å². The van der Waals surface area contributed by atoms with Crippen LogP contribution in [0.25, 0.3) is 33.3 Å². The Bertz CT molecular complexity index is 1860. The zero-order chi connectivity index (χ0) is 27.8. The molecule has 0 amide bonds. The van der Waals surface area contributed by atoms with Gasteiger partial charge in [0, 0.05) is 42.0 Å². The van der Waals surface area contributed by atoms with Crippen molar-refractivity contribution in [3.05, 3.63) is 163 Å². The molecule has 0 spiro atoms. The van der Waals surface area contributed by atoms with Crippen molar-refractivity contribution in [3.8, 4) is 22.4 Å². The molecule has 0 aliphatic carbocycles. The van der Waals surface area contributed by atoms with E-state index in [4.69, 9.17) is 5.10 Å². The molecule has 3 aromatic heterocycles. The third-order valence-electron chi connectivity index (χ3n) is 7.61. The zero-order valence-corrected chi connectivity index (χ0v) is 22.4. The van der Waals surface area contributed by atoms with Crippen molar-refractivity contribution < 1.29 is 4.39 Å². The number of aryl methyl sites for hydroxylation is 1. The van der Waals surface area contributed by atoms with E-state index >= 15 is 0 Å². The minimum absolute atomic E-state index is 0.547. The zero-order valence-electron chi connectivity index (χ0n) is 22.4. The minimum atomic E-state index is -0.818. The fourth-order valence-electron chi connectivity index (χ4n) is 5.79. The number of halogens is 1. The molecule has 0 saturated carbocycles. The van der Waals surface area contributed by atoms with Crippen LogP contribution in [0, 0.1) is 5.95 Å². The van der Waals surface area contributed by atoms with Crippen molar-refractivity contribution in [2.45, 2.75) is 5.54 Å². The lowest BCUT2D eigenvalue weighted by Crippen LogP contribution is -2.38. The van der Waals surface area contributed by atoms with Gasteiger partial charge in [0.05, 0.1) is 11.7 Å². The van der Waals surface area contributed by atoms with Crippen molar-refractivity contribution in [3.63, 3.8) is 0 Å². The molecule has 41 heavy (non-hydrogen) atoms. The average Bonchev–Trinajstić information content (AvgIpc) is 3.63. The lowest BCUT2D eigenvalue weighted by atomic mass is 9.77. The van der Waals surface area contributed by atoms with Gasteiger partial charge in [0.1, 0.15) is 11.2 Å². The number of hydrogen-bond acceptors (Lipinski definition) is 3. The fourth-order valence-corrected chi connectivity index (χ4v) is 5.79. The highest BCUT2D eigenvalue weighted by Gasteiger charge is 2.41. The fraction of sp³-hybridized carbons (Fsp3) is 0.0571. The Morgan fingerprint density at radius 3 is 1.80 bits per heavy atom. The summed E-state index contributed by atoms with van der Waals surface area (Å²) in [5.74, 6) is -0.547. The Kier molecular flexibility index (Phi) is 6.01.